The summed E-state index contributed by atoms with van der Waals surface area (Å²) in [5.41, 5.74) is 5.91. The van der Waals surface area contributed by atoms with Gasteiger partial charge in [-0.2, -0.15) is 13.2 Å². The first-order chi connectivity index (χ1) is 16.7. The molecule has 2 amide bonds. The molecule has 2 aliphatic heterocycles. The number of halogens is 3. The number of hydrogen-bond donors (Lipinski definition) is 1. The number of imidazole rings is 1. The van der Waals surface area contributed by atoms with E-state index in [1.807, 2.05) is 4.57 Å². The minimum Gasteiger partial charge on any atom is -0.454 e. The SMILES string of the molecule is NC(=O)CCC(=O)N1CCC(n2c(-c3ccc4c(c3)OCO4)nc3cc(C(F)(F)F)ccc32)CC1. The van der Waals surface area contributed by atoms with Crippen LogP contribution in [0.2, 0.25) is 0 Å². The highest BCUT2D eigenvalue weighted by atomic mass is 19.4. The second kappa shape index (κ2) is 8.79. The van der Waals surface area contributed by atoms with Crippen LogP contribution >= 0.6 is 0 Å². The van der Waals surface area contributed by atoms with E-state index in [4.69, 9.17) is 15.2 Å². The lowest BCUT2D eigenvalue weighted by Crippen LogP contribution is -2.39. The van der Waals surface area contributed by atoms with Gasteiger partial charge in [0.15, 0.2) is 11.5 Å². The lowest BCUT2D eigenvalue weighted by atomic mass is 10.0. The maximum Gasteiger partial charge on any atom is 0.416 e. The van der Waals surface area contributed by atoms with Crippen LogP contribution in [0.25, 0.3) is 22.4 Å². The van der Waals surface area contributed by atoms with Crippen LogP contribution in [0.15, 0.2) is 36.4 Å². The third-order valence-corrected chi connectivity index (χ3v) is 6.42. The van der Waals surface area contributed by atoms with Gasteiger partial charge in [-0.15, -0.1) is 0 Å². The Morgan fingerprint density at radius 2 is 1.77 bits per heavy atom. The van der Waals surface area contributed by atoms with Gasteiger partial charge in [0.05, 0.1) is 16.6 Å². The van der Waals surface area contributed by atoms with Gasteiger partial charge in [-0.05, 0) is 49.2 Å². The molecule has 2 N–H and O–H groups in total. The van der Waals surface area contributed by atoms with Crippen LogP contribution in [-0.2, 0) is 15.8 Å². The number of hydrogen-bond acceptors (Lipinski definition) is 5. The summed E-state index contributed by atoms with van der Waals surface area (Å²) in [4.78, 5) is 29.7. The summed E-state index contributed by atoms with van der Waals surface area (Å²) in [6.07, 6.45) is -3.23. The van der Waals surface area contributed by atoms with Crippen molar-refractivity contribution in [3.8, 4) is 22.9 Å². The lowest BCUT2D eigenvalue weighted by molar-refractivity contribution is -0.137. The molecule has 3 heterocycles. The summed E-state index contributed by atoms with van der Waals surface area (Å²) in [6, 6.07) is 8.81. The third kappa shape index (κ3) is 4.50. The number of piperidine rings is 1. The molecular formula is C24H23F3N4O4. The van der Waals surface area contributed by atoms with Crippen LogP contribution in [0, 0.1) is 0 Å². The molecule has 0 spiro atoms. The Bertz CT molecular complexity index is 1300. The number of carbonyl (C=O) groups excluding carboxylic acids is 2. The van der Waals surface area contributed by atoms with Crippen LogP contribution in [0.1, 0.15) is 37.3 Å². The normalized spacial score (nSPS) is 16.1. The molecule has 8 nitrogen and oxygen atoms in total. The first-order valence-corrected chi connectivity index (χ1v) is 11.3. The molecule has 2 aliphatic rings. The summed E-state index contributed by atoms with van der Waals surface area (Å²) in [6.45, 7) is 1.03. The van der Waals surface area contributed by atoms with E-state index in [2.05, 4.69) is 4.98 Å². The Morgan fingerprint density at radius 3 is 2.49 bits per heavy atom. The quantitative estimate of drug-likeness (QED) is 0.588. The van der Waals surface area contributed by atoms with E-state index < -0.39 is 17.6 Å². The summed E-state index contributed by atoms with van der Waals surface area (Å²) in [5, 5.41) is 0. The van der Waals surface area contributed by atoms with Crippen molar-refractivity contribution >= 4 is 22.8 Å². The Labute approximate surface area is 198 Å². The number of likely N-dealkylation sites (tertiary alicyclic amines) is 1. The molecule has 35 heavy (non-hydrogen) atoms. The summed E-state index contributed by atoms with van der Waals surface area (Å²) in [7, 11) is 0. The van der Waals surface area contributed by atoms with Gasteiger partial charge in [-0.3, -0.25) is 9.59 Å². The first kappa shape index (κ1) is 23.0. The third-order valence-electron chi connectivity index (χ3n) is 6.42. The van der Waals surface area contributed by atoms with E-state index in [9.17, 15) is 22.8 Å². The number of nitrogens with two attached hydrogens (primary N) is 1. The largest absolute Gasteiger partial charge is 0.454 e. The minimum absolute atomic E-state index is 0.000715. The highest BCUT2D eigenvalue weighted by Gasteiger charge is 2.32. The van der Waals surface area contributed by atoms with Crippen LogP contribution in [-0.4, -0.2) is 46.1 Å². The fraction of sp³-hybridized carbons (Fsp3) is 0.375. The molecule has 3 aromatic rings. The standard InChI is InChI=1S/C24H23F3N4O4/c25-24(26,27)15-2-3-18-17(12-15)29-23(14-1-4-19-20(11-14)35-13-34-19)31(18)16-7-9-30(10-8-16)22(33)6-5-21(28)32/h1-4,11-12,16H,5-10,13H2,(H2,28,32). The second-order valence-corrected chi connectivity index (χ2v) is 8.65. The predicted octanol–water partition coefficient (Wildman–Crippen LogP) is 3.88. The highest BCUT2D eigenvalue weighted by molar-refractivity contribution is 5.83. The average Bonchev–Trinajstić information content (AvgIpc) is 3.45. The van der Waals surface area contributed by atoms with E-state index in [1.54, 1.807) is 23.1 Å². The number of aromatic nitrogens is 2. The Kier molecular flexibility index (Phi) is 5.78. The zero-order valence-electron chi connectivity index (χ0n) is 18.7. The van der Waals surface area contributed by atoms with Gasteiger partial charge < -0.3 is 24.7 Å². The molecule has 0 bridgehead atoms. The number of fused-ring (bicyclic) bond motifs is 2. The van der Waals surface area contributed by atoms with E-state index in [0.717, 1.165) is 12.1 Å². The van der Waals surface area contributed by atoms with Gasteiger partial charge in [0.25, 0.3) is 0 Å². The van der Waals surface area contributed by atoms with Crippen LogP contribution in [0.3, 0.4) is 0 Å². The molecule has 1 aromatic heterocycles. The average molecular weight is 488 g/mol. The molecule has 2 aromatic carbocycles. The number of rotatable bonds is 5. The molecule has 0 saturated carbocycles. The van der Waals surface area contributed by atoms with Crippen molar-refractivity contribution in [2.24, 2.45) is 5.73 Å². The molecule has 0 unspecified atom stereocenters. The number of ether oxygens (including phenoxy) is 2. The second-order valence-electron chi connectivity index (χ2n) is 8.65. The van der Waals surface area contributed by atoms with E-state index in [-0.39, 0.29) is 37.1 Å². The van der Waals surface area contributed by atoms with Gasteiger partial charge >= 0.3 is 6.18 Å². The van der Waals surface area contributed by atoms with Gasteiger partial charge in [-0.25, -0.2) is 4.98 Å². The zero-order valence-corrected chi connectivity index (χ0v) is 18.7. The van der Waals surface area contributed by atoms with E-state index in [0.29, 0.717) is 54.3 Å². The Morgan fingerprint density at radius 1 is 1.03 bits per heavy atom. The molecule has 11 heteroatoms. The fourth-order valence-corrected chi connectivity index (χ4v) is 4.65. The first-order valence-electron chi connectivity index (χ1n) is 11.3. The molecule has 0 atom stereocenters. The molecule has 5 rings (SSSR count). The molecule has 1 fully saturated rings. The highest BCUT2D eigenvalue weighted by Crippen LogP contribution is 2.40. The maximum atomic E-state index is 13.4. The summed E-state index contributed by atoms with van der Waals surface area (Å²) >= 11 is 0. The Balaban J connectivity index is 1.49. The topological polar surface area (TPSA) is 99.7 Å². The van der Waals surface area contributed by atoms with Gasteiger partial charge in [0.2, 0.25) is 18.6 Å². The number of carbonyl (C=O) groups is 2. The van der Waals surface area contributed by atoms with Crippen molar-refractivity contribution in [2.45, 2.75) is 37.9 Å². The predicted molar refractivity (Wildman–Crippen MR) is 120 cm³/mol. The number of benzene rings is 2. The van der Waals surface area contributed by atoms with Crippen molar-refractivity contribution in [1.82, 2.24) is 14.5 Å². The molecule has 184 valence electrons. The monoisotopic (exact) mass is 488 g/mol. The van der Waals surface area contributed by atoms with Gasteiger partial charge in [0.1, 0.15) is 5.82 Å². The van der Waals surface area contributed by atoms with Gasteiger partial charge in [-0.1, -0.05) is 0 Å². The molecule has 0 aliphatic carbocycles. The van der Waals surface area contributed by atoms with Gasteiger partial charge in [0, 0.05) is 37.5 Å². The number of nitrogens with zero attached hydrogens (tertiary/aromatic N) is 3. The van der Waals surface area contributed by atoms with Crippen molar-refractivity contribution in [1.29, 1.82) is 0 Å². The number of alkyl halides is 3. The van der Waals surface area contributed by atoms with Crippen molar-refractivity contribution < 1.29 is 32.2 Å². The maximum absolute atomic E-state index is 13.4. The van der Waals surface area contributed by atoms with Crippen molar-refractivity contribution in [3.05, 3.63) is 42.0 Å². The number of amides is 2. The van der Waals surface area contributed by atoms with Crippen LogP contribution in [0.5, 0.6) is 11.5 Å². The van der Waals surface area contributed by atoms with E-state index in [1.165, 1.54) is 6.07 Å². The fourth-order valence-electron chi connectivity index (χ4n) is 4.65. The number of primary amides is 1. The smallest absolute Gasteiger partial charge is 0.416 e. The Hall–Kier alpha value is -3.76. The summed E-state index contributed by atoms with van der Waals surface area (Å²) in [5.74, 6) is 1.01. The van der Waals surface area contributed by atoms with Crippen molar-refractivity contribution in [3.63, 3.8) is 0 Å². The molecule has 0 radical (unpaired) electrons. The van der Waals surface area contributed by atoms with Crippen molar-refractivity contribution in [2.75, 3.05) is 19.9 Å². The molecular weight excluding hydrogens is 465 g/mol. The summed E-state index contributed by atoms with van der Waals surface area (Å²) < 4.78 is 52.9. The lowest BCUT2D eigenvalue weighted by Gasteiger charge is -2.33. The van der Waals surface area contributed by atoms with Crippen LogP contribution in [0.4, 0.5) is 13.2 Å². The zero-order chi connectivity index (χ0) is 24.7. The van der Waals surface area contributed by atoms with E-state index >= 15 is 0 Å². The minimum atomic E-state index is -4.48. The molecule has 1 saturated heterocycles. The van der Waals surface area contributed by atoms with Crippen LogP contribution < -0.4 is 15.2 Å².